The Morgan fingerprint density at radius 3 is 2.22 bits per heavy atom. The van der Waals surface area contributed by atoms with E-state index in [1.54, 1.807) is 0 Å². The van der Waals surface area contributed by atoms with Crippen molar-refractivity contribution < 1.29 is 0 Å². The zero-order valence-electron chi connectivity index (χ0n) is 6.70. The summed E-state index contributed by atoms with van der Waals surface area (Å²) in [6.45, 7) is 11.6. The molecule has 0 spiro atoms. The Bertz CT molecular complexity index is 92.9. The first-order valence-corrected chi connectivity index (χ1v) is 6.35. The van der Waals surface area contributed by atoms with Gasteiger partial charge in [-0.3, -0.25) is 0 Å². The molecule has 0 saturated heterocycles. The Hall–Kier alpha value is -0.0831. The van der Waals surface area contributed by atoms with Crippen LogP contribution in [-0.4, -0.2) is 14.8 Å². The second kappa shape index (κ2) is 3.85. The Morgan fingerprint density at radius 1 is 1.56 bits per heavy atom. The van der Waals surface area contributed by atoms with Crippen molar-refractivity contribution in [3.63, 3.8) is 0 Å². The first-order chi connectivity index (χ1) is 4.18. The third-order valence-corrected chi connectivity index (χ3v) is 5.30. The Kier molecular flexibility index (Phi) is 3.82. The summed E-state index contributed by atoms with van der Waals surface area (Å²) in [5.74, 6) is 0. The molecule has 1 nitrogen and oxygen atoms in total. The van der Waals surface area contributed by atoms with Crippen molar-refractivity contribution in [3.8, 4) is 0 Å². The number of hydrogen-bond acceptors (Lipinski definition) is 1. The average molecular weight is 143 g/mol. The van der Waals surface area contributed by atoms with Crippen molar-refractivity contribution in [2.75, 3.05) is 6.54 Å². The van der Waals surface area contributed by atoms with Crippen LogP contribution in [0.25, 0.3) is 0 Å². The molecule has 1 unspecified atom stereocenters. The topological polar surface area (TPSA) is 12.0 Å². The quantitative estimate of drug-likeness (QED) is 0.593. The molecular formula is C7H17NSi. The molecule has 0 aromatic rings. The number of rotatable bonds is 4. The normalized spacial score (nSPS) is 16.8. The highest BCUT2D eigenvalue weighted by Gasteiger charge is 2.17. The summed E-state index contributed by atoms with van der Waals surface area (Å²) in [6.07, 6.45) is 0. The number of hydrogen-bond donors (Lipinski definition) is 1. The van der Waals surface area contributed by atoms with Crippen LogP contribution < -0.4 is 4.98 Å². The van der Waals surface area contributed by atoms with Crippen LogP contribution in [0.3, 0.4) is 0 Å². The van der Waals surface area contributed by atoms with Crippen LogP contribution in [-0.2, 0) is 0 Å². The van der Waals surface area contributed by atoms with Crippen LogP contribution in [0.4, 0.5) is 0 Å². The fourth-order valence-corrected chi connectivity index (χ4v) is 2.24. The summed E-state index contributed by atoms with van der Waals surface area (Å²) in [6, 6.07) is 1.24. The van der Waals surface area contributed by atoms with Crippen LogP contribution in [0.2, 0.25) is 12.6 Å². The van der Waals surface area contributed by atoms with Gasteiger partial charge in [-0.25, -0.2) is 0 Å². The van der Waals surface area contributed by atoms with Gasteiger partial charge in [0, 0.05) is 0 Å². The van der Waals surface area contributed by atoms with Gasteiger partial charge in [0.2, 0.25) is 0 Å². The van der Waals surface area contributed by atoms with E-state index < -0.39 is 8.24 Å². The van der Waals surface area contributed by atoms with Crippen molar-refractivity contribution in [1.82, 2.24) is 4.98 Å². The van der Waals surface area contributed by atoms with Gasteiger partial charge < -0.3 is 4.98 Å². The van der Waals surface area contributed by atoms with E-state index in [1.807, 2.05) is 0 Å². The zero-order valence-corrected chi connectivity index (χ0v) is 7.70. The molecule has 0 bridgehead atoms. The number of nitrogens with one attached hydrogen (secondary N) is 1. The minimum atomic E-state index is -1.18. The monoisotopic (exact) mass is 143 g/mol. The molecule has 0 rings (SSSR count). The van der Waals surface area contributed by atoms with E-state index in [4.69, 9.17) is 0 Å². The molecule has 9 heavy (non-hydrogen) atoms. The molecule has 0 aliphatic carbocycles. The van der Waals surface area contributed by atoms with Crippen LogP contribution >= 0.6 is 0 Å². The summed E-state index contributed by atoms with van der Waals surface area (Å²) < 4.78 is 0. The van der Waals surface area contributed by atoms with Gasteiger partial charge >= 0.3 is 0 Å². The molecule has 0 aliphatic heterocycles. The highest BCUT2D eigenvalue weighted by atomic mass is 28.3. The second-order valence-corrected chi connectivity index (χ2v) is 6.81. The lowest BCUT2D eigenvalue weighted by molar-refractivity contribution is 0.957. The first-order valence-electron chi connectivity index (χ1n) is 3.57. The Labute approximate surface area is 59.3 Å². The van der Waals surface area contributed by atoms with Gasteiger partial charge in [-0.2, -0.15) is 0 Å². The van der Waals surface area contributed by atoms with E-state index >= 15 is 0 Å². The standard InChI is InChI=1S/C7H17NSi/c1-5-8-9(4,6-2)7-3/h6,8H,2,5,7H2,1,3-4H3. The Balaban J connectivity index is 3.76. The lowest BCUT2D eigenvalue weighted by Gasteiger charge is -2.21. The predicted molar refractivity (Wildman–Crippen MR) is 46.0 cm³/mol. The molecule has 0 aromatic heterocycles. The van der Waals surface area contributed by atoms with E-state index in [1.165, 1.54) is 6.04 Å². The summed E-state index contributed by atoms with van der Waals surface area (Å²) in [4.78, 5) is 3.48. The fraction of sp³-hybridized carbons (Fsp3) is 0.714. The molecular weight excluding hydrogens is 126 g/mol. The molecule has 0 aromatic carbocycles. The SMILES string of the molecule is C=C[Si](C)(CC)NCC. The van der Waals surface area contributed by atoms with Crippen molar-refractivity contribution in [1.29, 1.82) is 0 Å². The third-order valence-electron chi connectivity index (χ3n) is 1.77. The van der Waals surface area contributed by atoms with Gasteiger partial charge in [0.15, 0.2) is 0 Å². The molecule has 0 radical (unpaired) electrons. The third kappa shape index (κ3) is 2.82. The molecule has 0 aliphatic rings. The van der Waals surface area contributed by atoms with Gasteiger partial charge in [-0.1, -0.05) is 26.1 Å². The lowest BCUT2D eigenvalue weighted by Crippen LogP contribution is -2.44. The summed E-state index contributed by atoms with van der Waals surface area (Å²) in [7, 11) is -1.18. The van der Waals surface area contributed by atoms with Crippen molar-refractivity contribution in [2.24, 2.45) is 0 Å². The summed E-state index contributed by atoms with van der Waals surface area (Å²) in [5.41, 5.74) is 2.11. The molecule has 0 amide bonds. The minimum absolute atomic E-state index is 1.07. The Morgan fingerprint density at radius 2 is 2.11 bits per heavy atom. The molecule has 1 atom stereocenters. The fourth-order valence-electron chi connectivity index (χ4n) is 0.745. The molecule has 0 heterocycles. The van der Waals surface area contributed by atoms with Crippen LogP contribution in [0.5, 0.6) is 0 Å². The van der Waals surface area contributed by atoms with Gasteiger partial charge in [-0.15, -0.1) is 6.58 Å². The van der Waals surface area contributed by atoms with E-state index in [-0.39, 0.29) is 0 Å². The van der Waals surface area contributed by atoms with E-state index in [0.717, 1.165) is 6.54 Å². The molecule has 0 fully saturated rings. The van der Waals surface area contributed by atoms with Crippen molar-refractivity contribution in [2.45, 2.75) is 26.4 Å². The van der Waals surface area contributed by atoms with Gasteiger partial charge in [0.05, 0.1) is 0 Å². The summed E-state index contributed by atoms with van der Waals surface area (Å²) in [5, 5.41) is 0. The molecule has 1 N–H and O–H groups in total. The lowest BCUT2D eigenvalue weighted by atomic mass is 10.8. The molecule has 54 valence electrons. The molecule has 2 heteroatoms. The highest BCUT2D eigenvalue weighted by Crippen LogP contribution is 2.04. The highest BCUT2D eigenvalue weighted by molar-refractivity contribution is 6.80. The smallest absolute Gasteiger partial charge is 0.146 e. The molecule has 0 saturated carbocycles. The minimum Gasteiger partial charge on any atom is -0.334 e. The average Bonchev–Trinajstić information content (AvgIpc) is 1.89. The summed E-state index contributed by atoms with van der Waals surface area (Å²) >= 11 is 0. The van der Waals surface area contributed by atoms with Crippen molar-refractivity contribution >= 4 is 8.24 Å². The largest absolute Gasteiger partial charge is 0.334 e. The van der Waals surface area contributed by atoms with Crippen LogP contribution in [0, 0.1) is 0 Å². The van der Waals surface area contributed by atoms with Crippen molar-refractivity contribution in [3.05, 3.63) is 12.3 Å². The maximum Gasteiger partial charge on any atom is 0.146 e. The maximum absolute atomic E-state index is 3.82. The van der Waals surface area contributed by atoms with Gasteiger partial charge in [-0.05, 0) is 12.6 Å². The van der Waals surface area contributed by atoms with Gasteiger partial charge in [0.1, 0.15) is 8.24 Å². The van der Waals surface area contributed by atoms with E-state index in [9.17, 15) is 0 Å². The van der Waals surface area contributed by atoms with E-state index in [0.29, 0.717) is 0 Å². The van der Waals surface area contributed by atoms with Crippen LogP contribution in [0.15, 0.2) is 12.3 Å². The zero-order chi connectivity index (χ0) is 7.33. The second-order valence-electron chi connectivity index (χ2n) is 2.51. The predicted octanol–water partition coefficient (Wildman–Crippen LogP) is 1.92. The van der Waals surface area contributed by atoms with Crippen LogP contribution in [0.1, 0.15) is 13.8 Å². The van der Waals surface area contributed by atoms with E-state index in [2.05, 4.69) is 37.7 Å². The van der Waals surface area contributed by atoms with Gasteiger partial charge in [0.25, 0.3) is 0 Å². The maximum atomic E-state index is 3.82. The first kappa shape index (κ1) is 8.92.